The highest BCUT2D eigenvalue weighted by Gasteiger charge is 2.16. The first kappa shape index (κ1) is 18.6. The van der Waals surface area contributed by atoms with E-state index in [-0.39, 0.29) is 18.1 Å². The molecule has 0 aliphatic rings. The summed E-state index contributed by atoms with van der Waals surface area (Å²) < 4.78 is 17.8. The van der Waals surface area contributed by atoms with E-state index in [2.05, 4.69) is 0 Å². The Labute approximate surface area is 156 Å². The Balaban J connectivity index is 1.51. The number of ether oxygens (including phenoxy) is 1. The van der Waals surface area contributed by atoms with Crippen LogP contribution in [0.3, 0.4) is 0 Å². The van der Waals surface area contributed by atoms with Crippen molar-refractivity contribution >= 4 is 21.9 Å². The molecule has 3 aromatic carbocycles. The molecule has 0 aliphatic heterocycles. The predicted molar refractivity (Wildman–Crippen MR) is 105 cm³/mol. The summed E-state index contributed by atoms with van der Waals surface area (Å²) in [4.78, 5) is 0. The molecular formula is C21H22O4S. The standard InChI is InChI=1S/C21H22O4S/c22-17(14-25-18-7-2-1-3-8-18)15-26(24)13-12-16-6-4-10-20-19(16)9-5-11-21(20)23/h1-11,17,22-23H,12-15H2. The number of phenols is 1. The molecule has 0 aromatic heterocycles. The first-order chi connectivity index (χ1) is 12.6. The molecule has 4 nitrogen and oxygen atoms in total. The molecular weight excluding hydrogens is 348 g/mol. The number of aliphatic hydroxyl groups is 1. The maximum Gasteiger partial charge on any atom is 0.134 e. The number of hydrogen-bond donors (Lipinski definition) is 2. The second-order valence-electron chi connectivity index (χ2n) is 6.13. The van der Waals surface area contributed by atoms with Gasteiger partial charge in [-0.25, -0.2) is 0 Å². The van der Waals surface area contributed by atoms with Crippen LogP contribution in [0.25, 0.3) is 10.8 Å². The fourth-order valence-electron chi connectivity index (χ4n) is 2.86. The Kier molecular flexibility index (Phi) is 6.39. The van der Waals surface area contributed by atoms with Crippen molar-refractivity contribution in [3.8, 4) is 11.5 Å². The Morgan fingerprint density at radius 2 is 1.65 bits per heavy atom. The number of fused-ring (bicyclic) bond motifs is 1. The minimum absolute atomic E-state index is 0.123. The fourth-order valence-corrected chi connectivity index (χ4v) is 4.00. The third-order valence-electron chi connectivity index (χ3n) is 4.15. The monoisotopic (exact) mass is 370 g/mol. The van der Waals surface area contributed by atoms with Crippen molar-refractivity contribution in [2.24, 2.45) is 0 Å². The van der Waals surface area contributed by atoms with Gasteiger partial charge in [-0.1, -0.05) is 59.7 Å². The maximum atomic E-state index is 12.3. The molecule has 0 amide bonds. The number of rotatable bonds is 8. The van der Waals surface area contributed by atoms with E-state index in [4.69, 9.17) is 4.74 Å². The van der Waals surface area contributed by atoms with Gasteiger partial charge in [-0.2, -0.15) is 0 Å². The third kappa shape index (κ3) is 4.91. The number of para-hydroxylation sites is 1. The number of benzene rings is 3. The van der Waals surface area contributed by atoms with Crippen LogP contribution in [0.2, 0.25) is 0 Å². The van der Waals surface area contributed by atoms with Gasteiger partial charge < -0.3 is 19.5 Å². The summed E-state index contributed by atoms with van der Waals surface area (Å²) in [5.74, 6) is 1.58. The van der Waals surface area contributed by atoms with Gasteiger partial charge in [0.25, 0.3) is 0 Å². The zero-order valence-electron chi connectivity index (χ0n) is 14.4. The molecule has 0 radical (unpaired) electrons. The summed E-state index contributed by atoms with van der Waals surface area (Å²) in [7, 11) is 0. The zero-order valence-corrected chi connectivity index (χ0v) is 15.2. The van der Waals surface area contributed by atoms with E-state index in [0.29, 0.717) is 17.9 Å². The summed E-state index contributed by atoms with van der Waals surface area (Å²) >= 11 is -1.15. The van der Waals surface area contributed by atoms with E-state index in [9.17, 15) is 14.8 Å². The van der Waals surface area contributed by atoms with E-state index < -0.39 is 17.3 Å². The summed E-state index contributed by atoms with van der Waals surface area (Å²) in [5.41, 5.74) is 1.04. The van der Waals surface area contributed by atoms with Crippen LogP contribution in [0.1, 0.15) is 5.56 Å². The Morgan fingerprint density at radius 3 is 2.46 bits per heavy atom. The van der Waals surface area contributed by atoms with E-state index >= 15 is 0 Å². The molecule has 2 atom stereocenters. The average Bonchev–Trinajstić information content (AvgIpc) is 2.66. The van der Waals surface area contributed by atoms with Crippen LogP contribution in [0.4, 0.5) is 0 Å². The molecule has 0 bridgehead atoms. The number of hydrogen-bond acceptors (Lipinski definition) is 4. The molecule has 2 N–H and O–H groups in total. The van der Waals surface area contributed by atoms with Crippen molar-refractivity contribution in [3.63, 3.8) is 0 Å². The van der Waals surface area contributed by atoms with Gasteiger partial charge in [0.2, 0.25) is 0 Å². The molecule has 0 fully saturated rings. The lowest BCUT2D eigenvalue weighted by Crippen LogP contribution is -2.29. The summed E-state index contributed by atoms with van der Waals surface area (Å²) in [6.45, 7) is 0.123. The van der Waals surface area contributed by atoms with Gasteiger partial charge in [0, 0.05) is 11.8 Å². The molecule has 2 unspecified atom stereocenters. The van der Waals surface area contributed by atoms with Gasteiger partial charge in [-0.15, -0.1) is 0 Å². The van der Waals surface area contributed by atoms with Crippen LogP contribution >= 0.6 is 0 Å². The Hall–Kier alpha value is -2.21. The third-order valence-corrected chi connectivity index (χ3v) is 5.57. The maximum absolute atomic E-state index is 12.3. The van der Waals surface area contributed by atoms with Gasteiger partial charge in [0.05, 0.1) is 0 Å². The van der Waals surface area contributed by atoms with Crippen molar-refractivity contribution in [1.29, 1.82) is 0 Å². The van der Waals surface area contributed by atoms with E-state index in [1.807, 2.05) is 60.7 Å². The average molecular weight is 370 g/mol. The summed E-state index contributed by atoms with van der Waals surface area (Å²) in [6.07, 6.45) is -0.146. The normalized spacial score (nSPS) is 13.5. The molecule has 0 saturated carbocycles. The number of aryl methyl sites for hydroxylation is 1. The van der Waals surface area contributed by atoms with Gasteiger partial charge >= 0.3 is 0 Å². The van der Waals surface area contributed by atoms with E-state index in [0.717, 1.165) is 16.3 Å². The molecule has 3 rings (SSSR count). The highest BCUT2D eigenvalue weighted by atomic mass is 32.2. The largest absolute Gasteiger partial charge is 0.616 e. The number of aliphatic hydroxyl groups excluding tert-OH is 1. The van der Waals surface area contributed by atoms with Crippen LogP contribution in [0, 0.1) is 0 Å². The first-order valence-electron chi connectivity index (χ1n) is 8.54. The van der Waals surface area contributed by atoms with Gasteiger partial charge in [-0.05, 0) is 29.1 Å². The van der Waals surface area contributed by atoms with Crippen molar-refractivity contribution in [2.45, 2.75) is 12.5 Å². The fraction of sp³-hybridized carbons (Fsp3) is 0.238. The van der Waals surface area contributed by atoms with Crippen molar-refractivity contribution < 1.29 is 19.5 Å². The predicted octanol–water partition coefficient (Wildman–Crippen LogP) is 3.28. The molecule has 0 saturated heterocycles. The lowest BCUT2D eigenvalue weighted by molar-refractivity contribution is 0.125. The second-order valence-corrected chi connectivity index (χ2v) is 7.75. The quantitative estimate of drug-likeness (QED) is 0.597. The lowest BCUT2D eigenvalue weighted by Gasteiger charge is -2.16. The summed E-state index contributed by atoms with van der Waals surface area (Å²) in [5, 5.41) is 21.7. The molecule has 3 aromatic rings. The Morgan fingerprint density at radius 1 is 0.923 bits per heavy atom. The van der Waals surface area contributed by atoms with Gasteiger partial charge in [-0.3, -0.25) is 0 Å². The minimum atomic E-state index is -1.15. The van der Waals surface area contributed by atoms with Crippen LogP contribution < -0.4 is 4.74 Å². The molecule has 0 spiro atoms. The SMILES string of the molecule is [O-][S+](CCc1cccc2c(O)cccc12)CC(O)COc1ccccc1. The molecule has 0 heterocycles. The van der Waals surface area contributed by atoms with Crippen LogP contribution in [-0.4, -0.2) is 39.0 Å². The molecule has 0 aliphatic carbocycles. The van der Waals surface area contributed by atoms with E-state index in [1.54, 1.807) is 6.07 Å². The first-order valence-corrected chi connectivity index (χ1v) is 10.0. The van der Waals surface area contributed by atoms with Crippen molar-refractivity contribution in [2.75, 3.05) is 18.1 Å². The minimum Gasteiger partial charge on any atom is -0.616 e. The number of aromatic hydroxyl groups is 1. The summed E-state index contributed by atoms with van der Waals surface area (Å²) in [6, 6.07) is 20.4. The molecule has 26 heavy (non-hydrogen) atoms. The smallest absolute Gasteiger partial charge is 0.134 e. The molecule has 136 valence electrons. The zero-order chi connectivity index (χ0) is 18.4. The van der Waals surface area contributed by atoms with Gasteiger partial charge in [0.15, 0.2) is 0 Å². The van der Waals surface area contributed by atoms with Crippen molar-refractivity contribution in [3.05, 3.63) is 72.3 Å². The molecule has 5 heteroatoms. The Bertz CT molecular complexity index is 838. The number of phenolic OH excluding ortho intramolecular Hbond substituents is 1. The highest BCUT2D eigenvalue weighted by Crippen LogP contribution is 2.27. The second kappa shape index (κ2) is 8.94. The van der Waals surface area contributed by atoms with Crippen LogP contribution in [0.15, 0.2) is 66.7 Å². The lowest BCUT2D eigenvalue weighted by atomic mass is 10.0. The van der Waals surface area contributed by atoms with Crippen molar-refractivity contribution in [1.82, 2.24) is 0 Å². The van der Waals surface area contributed by atoms with Crippen LogP contribution in [0.5, 0.6) is 11.5 Å². The van der Waals surface area contributed by atoms with Gasteiger partial charge in [0.1, 0.15) is 35.7 Å². The van der Waals surface area contributed by atoms with E-state index in [1.165, 1.54) is 0 Å². The van der Waals surface area contributed by atoms with Crippen LogP contribution in [-0.2, 0) is 17.6 Å². The topological polar surface area (TPSA) is 72.8 Å². The highest BCUT2D eigenvalue weighted by molar-refractivity contribution is 7.91.